The van der Waals surface area contributed by atoms with Crippen molar-refractivity contribution < 1.29 is 198 Å². The molecule has 0 aromatic rings. The smallest absolute Gasteiger partial charge is 0.187 e. The Morgan fingerprint density at radius 3 is 0.438 bits per heavy atom. The van der Waals surface area contributed by atoms with Crippen LogP contribution in [0.1, 0.15) is 0 Å². The van der Waals surface area contributed by atoms with E-state index in [-0.39, 0.29) is 0 Å². The average molecular weight is 1310 g/mol. The Kier molecular flexibility index (Phi) is 24.7. The lowest BCUT2D eigenvalue weighted by Crippen LogP contribution is -2.69. The van der Waals surface area contributed by atoms with Gasteiger partial charge in [0.2, 0.25) is 0 Å². The van der Waals surface area contributed by atoms with Crippen molar-refractivity contribution in [3.63, 3.8) is 0 Å². The van der Waals surface area contributed by atoms with Crippen LogP contribution in [-0.4, -0.2) is 423 Å². The van der Waals surface area contributed by atoms with Gasteiger partial charge in [-0.1, -0.05) is 0 Å². The van der Waals surface area contributed by atoms with Crippen LogP contribution in [0.5, 0.6) is 0 Å². The molecule has 0 spiro atoms. The van der Waals surface area contributed by atoms with Crippen molar-refractivity contribution >= 4 is 0 Å². The average Bonchev–Trinajstić information content (AvgIpc) is 1.06. The van der Waals surface area contributed by atoms with Crippen molar-refractivity contribution in [1.29, 1.82) is 0 Å². The standard InChI is InChI=1S/C49H82O40/c1-73-9-17-41-25(64)33(72)49(81-17)88-40-16(8-56)79-47(31(70)23(40)62)86-38-14(6-54)77-45(29(68)21(38)60)84-36-12(4-52)75-43(27(66)19(36)58)82-34-10(2-50)74-42(26(65)18(34)57)83-35-11(3-51)76-44(28(67)20(35)59)85-37-13(5-53)78-46(30(69)22(37)61)87-39-15(7-55)80-48(89-41)32(71)24(39)63/h10-72H,2-9H2,1H3. The summed E-state index contributed by atoms with van der Waals surface area (Å²) in [5.74, 6) is 0. The Bertz CT molecular complexity index is 2150. The van der Waals surface area contributed by atoms with Gasteiger partial charge in [-0.15, -0.1) is 0 Å². The minimum Gasteiger partial charge on any atom is -0.394 e. The first-order valence-electron chi connectivity index (χ1n) is 28.5. The summed E-state index contributed by atoms with van der Waals surface area (Å²) in [6, 6.07) is 0. The van der Waals surface area contributed by atoms with Crippen LogP contribution in [0.2, 0.25) is 0 Å². The van der Waals surface area contributed by atoms with Gasteiger partial charge in [0.05, 0.1) is 52.9 Å². The second kappa shape index (κ2) is 30.6. The summed E-state index contributed by atoms with van der Waals surface area (Å²) in [6.45, 7) is -7.98. The van der Waals surface area contributed by atoms with Gasteiger partial charge in [-0.2, -0.15) is 0 Å². The summed E-state index contributed by atoms with van der Waals surface area (Å²) < 4.78 is 97.1. The van der Waals surface area contributed by atoms with E-state index in [1.165, 1.54) is 7.11 Å². The molecule has 40 unspecified atom stereocenters. The molecule has 30 heterocycles. The molecule has 30 aliphatic heterocycles. The Balaban J connectivity index is 0.980. The fourth-order valence-corrected chi connectivity index (χ4v) is 12.1. The molecule has 23 N–H and O–H groups in total. The summed E-state index contributed by atoms with van der Waals surface area (Å²) in [5.41, 5.74) is 0. The van der Waals surface area contributed by atoms with E-state index in [4.69, 9.17) is 80.5 Å². The molecule has 30 fully saturated rings. The van der Waals surface area contributed by atoms with Gasteiger partial charge in [0.1, 0.15) is 195 Å². The minimum atomic E-state index is -2.24. The van der Waals surface area contributed by atoms with Crippen LogP contribution in [0.25, 0.3) is 0 Å². The van der Waals surface area contributed by atoms with Crippen LogP contribution in [0.4, 0.5) is 0 Å². The quantitative estimate of drug-likeness (QED) is 0.102. The highest BCUT2D eigenvalue weighted by Gasteiger charge is 2.60. The third-order valence-electron chi connectivity index (χ3n) is 17.0. The predicted molar refractivity (Wildman–Crippen MR) is 266 cm³/mol. The van der Waals surface area contributed by atoms with Crippen LogP contribution in [-0.2, 0) is 80.5 Å². The van der Waals surface area contributed by atoms with Gasteiger partial charge in [0, 0.05) is 7.11 Å². The number of aliphatic hydroxyl groups excluding tert-OH is 23. The van der Waals surface area contributed by atoms with Crippen molar-refractivity contribution in [2.75, 3.05) is 60.0 Å². The van der Waals surface area contributed by atoms with E-state index in [1.807, 2.05) is 0 Å². The Morgan fingerprint density at radius 1 is 0.191 bits per heavy atom. The molecule has 518 valence electrons. The molecule has 16 bridgehead atoms. The zero-order valence-electron chi connectivity index (χ0n) is 47.0. The van der Waals surface area contributed by atoms with E-state index in [0.29, 0.717) is 0 Å². The zero-order valence-corrected chi connectivity index (χ0v) is 47.0. The lowest BCUT2D eigenvalue weighted by molar-refractivity contribution is -0.404. The third-order valence-corrected chi connectivity index (χ3v) is 17.0. The van der Waals surface area contributed by atoms with Gasteiger partial charge < -0.3 is 198 Å². The Hall–Kier alpha value is -1.60. The molecule has 30 rings (SSSR count). The second-order valence-electron chi connectivity index (χ2n) is 22.7. The molecule has 0 aromatic heterocycles. The zero-order chi connectivity index (χ0) is 64.8. The number of aliphatic hydroxyl groups is 23. The first-order chi connectivity index (χ1) is 42.4. The molecule has 89 heavy (non-hydrogen) atoms. The fraction of sp³-hybridized carbons (Fsp3) is 1.00. The first kappa shape index (κ1) is 71.7. The summed E-state index contributed by atoms with van der Waals surface area (Å²) >= 11 is 0. The van der Waals surface area contributed by atoms with Crippen LogP contribution >= 0.6 is 0 Å². The van der Waals surface area contributed by atoms with Crippen LogP contribution in [0, 0.1) is 0 Å². The van der Waals surface area contributed by atoms with Crippen LogP contribution in [0.3, 0.4) is 0 Å². The van der Waals surface area contributed by atoms with Crippen molar-refractivity contribution in [3.8, 4) is 0 Å². The van der Waals surface area contributed by atoms with Crippen LogP contribution < -0.4 is 0 Å². The third kappa shape index (κ3) is 14.3. The SMILES string of the molecule is COCC1OC2OC3C(CO)OC(OC4C(CO)OC(OC5C(CO)OC(OC6C(CO)OC(OC7C(CO)OC(OC8C(CO)OC(OC9C(CO)OC(OC1C(O)C2O)C(O)C9O)C(O)C8O)C(O)C7O)C(O)C6O)C(O)C5O)C(O)C4O)C(O)C3O. The van der Waals surface area contributed by atoms with Gasteiger partial charge in [-0.25, -0.2) is 0 Å². The molecule has 40 nitrogen and oxygen atoms in total. The van der Waals surface area contributed by atoms with Gasteiger partial charge in [0.25, 0.3) is 0 Å². The molecule has 0 saturated carbocycles. The fourth-order valence-electron chi connectivity index (χ4n) is 12.1. The van der Waals surface area contributed by atoms with Crippen LogP contribution in [0.15, 0.2) is 0 Å². The predicted octanol–water partition coefficient (Wildman–Crippen LogP) is -16.8. The summed E-state index contributed by atoms with van der Waals surface area (Å²) in [4.78, 5) is 0. The minimum absolute atomic E-state index is 0.511. The van der Waals surface area contributed by atoms with E-state index >= 15 is 0 Å². The summed E-state index contributed by atoms with van der Waals surface area (Å²) in [6.07, 6.45) is -80.9. The topological polar surface area (TPSA) is 622 Å². The number of methoxy groups -OCH3 is 1. The molecule has 30 saturated heterocycles. The molecule has 40 atom stereocenters. The Morgan fingerprint density at radius 2 is 0.315 bits per heavy atom. The number of hydrogen-bond donors (Lipinski definition) is 23. The molecule has 0 aromatic carbocycles. The molecule has 30 aliphatic rings. The maximum atomic E-state index is 11.5. The van der Waals surface area contributed by atoms with Gasteiger partial charge in [-0.3, -0.25) is 0 Å². The number of hydrogen-bond acceptors (Lipinski definition) is 40. The van der Waals surface area contributed by atoms with E-state index in [1.54, 1.807) is 0 Å². The van der Waals surface area contributed by atoms with E-state index < -0.39 is 299 Å². The normalized spacial score (nSPS) is 54.9. The Labute approximate surface area is 502 Å². The molecule has 40 heteroatoms. The molecular weight excluding hydrogens is 1230 g/mol. The lowest BCUT2D eigenvalue weighted by Gasteiger charge is -2.50. The lowest BCUT2D eigenvalue weighted by atomic mass is 9.94. The van der Waals surface area contributed by atoms with Crippen molar-refractivity contribution in [3.05, 3.63) is 0 Å². The maximum absolute atomic E-state index is 11.5. The number of rotatable bonds is 9. The van der Waals surface area contributed by atoms with Gasteiger partial charge in [0.15, 0.2) is 50.3 Å². The van der Waals surface area contributed by atoms with Crippen molar-refractivity contribution in [1.82, 2.24) is 0 Å². The molecule has 0 amide bonds. The summed E-state index contributed by atoms with van der Waals surface area (Å²) in [7, 11) is 1.17. The maximum Gasteiger partial charge on any atom is 0.187 e. The molecular formula is C49H82O40. The molecule has 0 aliphatic carbocycles. The second-order valence-corrected chi connectivity index (χ2v) is 22.7. The first-order valence-corrected chi connectivity index (χ1v) is 28.5. The van der Waals surface area contributed by atoms with Crippen molar-refractivity contribution in [2.45, 2.75) is 246 Å². The monoisotopic (exact) mass is 1310 g/mol. The highest BCUT2D eigenvalue weighted by molar-refractivity contribution is 5.02. The highest BCUT2D eigenvalue weighted by atomic mass is 16.8. The van der Waals surface area contributed by atoms with E-state index in [9.17, 15) is 117 Å². The largest absolute Gasteiger partial charge is 0.394 e. The molecule has 0 radical (unpaired) electrons. The van der Waals surface area contributed by atoms with E-state index in [2.05, 4.69) is 0 Å². The van der Waals surface area contributed by atoms with E-state index in [0.717, 1.165) is 0 Å². The van der Waals surface area contributed by atoms with Gasteiger partial charge >= 0.3 is 0 Å². The highest BCUT2D eigenvalue weighted by Crippen LogP contribution is 2.40. The summed E-state index contributed by atoms with van der Waals surface area (Å²) in [5, 5.41) is 255. The van der Waals surface area contributed by atoms with Crippen molar-refractivity contribution in [2.24, 2.45) is 0 Å². The number of ether oxygens (including phenoxy) is 17. The van der Waals surface area contributed by atoms with Gasteiger partial charge in [-0.05, 0) is 0 Å².